The normalized spacial score (nSPS) is 14.3. The Hall–Kier alpha value is -2.55. The highest BCUT2D eigenvalue weighted by Gasteiger charge is 2.22. The number of para-hydroxylation sites is 1. The summed E-state index contributed by atoms with van der Waals surface area (Å²) >= 11 is 0. The van der Waals surface area contributed by atoms with Crippen LogP contribution in [0.2, 0.25) is 0 Å². The van der Waals surface area contributed by atoms with Gasteiger partial charge in [0, 0.05) is 23.1 Å². The van der Waals surface area contributed by atoms with Crippen molar-refractivity contribution in [2.45, 2.75) is 13.8 Å². The number of hydrogen-bond acceptors (Lipinski definition) is 2. The molecule has 0 radical (unpaired) electrons. The summed E-state index contributed by atoms with van der Waals surface area (Å²) in [4.78, 5) is 13.9. The molecule has 2 aromatic rings. The van der Waals surface area contributed by atoms with Gasteiger partial charge in [0.25, 0.3) is 5.91 Å². The first-order chi connectivity index (χ1) is 10.1. The van der Waals surface area contributed by atoms with Crippen molar-refractivity contribution in [3.8, 4) is 0 Å². The molecule has 0 aromatic heterocycles. The first-order valence-electron chi connectivity index (χ1n) is 7.05. The minimum absolute atomic E-state index is 0.0209. The second-order valence-electron chi connectivity index (χ2n) is 5.35. The highest BCUT2D eigenvalue weighted by atomic mass is 16.2. The van der Waals surface area contributed by atoms with E-state index < -0.39 is 0 Å². The van der Waals surface area contributed by atoms with Crippen molar-refractivity contribution < 1.29 is 4.79 Å². The second-order valence-corrected chi connectivity index (χ2v) is 5.35. The zero-order chi connectivity index (χ0) is 14.8. The van der Waals surface area contributed by atoms with Gasteiger partial charge >= 0.3 is 0 Å². The van der Waals surface area contributed by atoms with Crippen LogP contribution in [0, 0.1) is 13.8 Å². The predicted molar refractivity (Wildman–Crippen MR) is 86.4 cm³/mol. The Bertz CT molecular complexity index is 704. The molecule has 0 fully saturated rings. The molecule has 1 amide bonds. The lowest BCUT2D eigenvalue weighted by Crippen LogP contribution is -2.25. The minimum Gasteiger partial charge on any atom is -0.357 e. The third-order valence-corrected chi connectivity index (χ3v) is 3.77. The van der Waals surface area contributed by atoms with Crippen molar-refractivity contribution in [3.05, 3.63) is 71.4 Å². The van der Waals surface area contributed by atoms with Crippen molar-refractivity contribution in [2.24, 2.45) is 0 Å². The molecule has 0 saturated heterocycles. The number of hydrogen-bond donors (Lipinski definition) is 1. The van der Waals surface area contributed by atoms with Gasteiger partial charge in [-0.2, -0.15) is 0 Å². The van der Waals surface area contributed by atoms with Gasteiger partial charge < -0.3 is 10.2 Å². The van der Waals surface area contributed by atoms with Crippen LogP contribution in [0.5, 0.6) is 0 Å². The van der Waals surface area contributed by atoms with Gasteiger partial charge in [-0.15, -0.1) is 0 Å². The molecule has 1 N–H and O–H groups in total. The maximum absolute atomic E-state index is 12.1. The van der Waals surface area contributed by atoms with E-state index in [-0.39, 0.29) is 5.91 Å². The molecule has 106 valence electrons. The minimum atomic E-state index is 0.0209. The fourth-order valence-corrected chi connectivity index (χ4v) is 2.43. The van der Waals surface area contributed by atoms with Crippen LogP contribution >= 0.6 is 0 Å². The Morgan fingerprint density at radius 3 is 2.48 bits per heavy atom. The SMILES string of the molecule is Cc1ccc(NC2=CC(=O)N(c3ccccc3)C2)cc1C. The molecule has 3 rings (SSSR count). The molecule has 3 nitrogen and oxygen atoms in total. The number of nitrogens with one attached hydrogen (secondary N) is 1. The van der Waals surface area contributed by atoms with Crippen LogP contribution in [-0.2, 0) is 4.79 Å². The average Bonchev–Trinajstić information content (AvgIpc) is 2.84. The van der Waals surface area contributed by atoms with Gasteiger partial charge in [0.15, 0.2) is 0 Å². The van der Waals surface area contributed by atoms with E-state index in [1.165, 1.54) is 11.1 Å². The Labute approximate surface area is 124 Å². The number of carbonyl (C=O) groups excluding carboxylic acids is 1. The summed E-state index contributed by atoms with van der Waals surface area (Å²) in [7, 11) is 0. The number of aryl methyl sites for hydroxylation is 2. The van der Waals surface area contributed by atoms with Gasteiger partial charge in [-0.05, 0) is 49.2 Å². The molecule has 0 atom stereocenters. The maximum atomic E-state index is 12.1. The molecule has 0 aliphatic carbocycles. The van der Waals surface area contributed by atoms with Crippen molar-refractivity contribution in [1.29, 1.82) is 0 Å². The highest BCUT2D eigenvalue weighted by Crippen LogP contribution is 2.23. The van der Waals surface area contributed by atoms with Crippen LogP contribution in [0.25, 0.3) is 0 Å². The Kier molecular flexibility index (Phi) is 3.48. The Morgan fingerprint density at radius 1 is 1.00 bits per heavy atom. The standard InChI is InChI=1S/C18H18N2O/c1-13-8-9-15(10-14(13)2)19-16-11-18(21)20(12-16)17-6-4-3-5-7-17/h3-11,19H,12H2,1-2H3. The number of amides is 1. The predicted octanol–water partition coefficient (Wildman–Crippen LogP) is 3.65. The number of nitrogens with zero attached hydrogens (tertiary/aromatic N) is 1. The molecule has 0 bridgehead atoms. The zero-order valence-electron chi connectivity index (χ0n) is 12.3. The van der Waals surface area contributed by atoms with E-state index in [0.717, 1.165) is 17.1 Å². The summed E-state index contributed by atoms with van der Waals surface area (Å²) in [6.07, 6.45) is 1.67. The molecular weight excluding hydrogens is 260 g/mol. The summed E-state index contributed by atoms with van der Waals surface area (Å²) in [6.45, 7) is 4.76. The Balaban J connectivity index is 1.75. The fourth-order valence-electron chi connectivity index (χ4n) is 2.43. The highest BCUT2D eigenvalue weighted by molar-refractivity contribution is 6.05. The van der Waals surface area contributed by atoms with Crippen LogP contribution in [0.1, 0.15) is 11.1 Å². The number of anilines is 2. The van der Waals surface area contributed by atoms with Crippen molar-refractivity contribution in [2.75, 3.05) is 16.8 Å². The molecule has 1 heterocycles. The summed E-state index contributed by atoms with van der Waals surface area (Å²) in [6, 6.07) is 16.0. The second kappa shape index (κ2) is 5.44. The lowest BCUT2D eigenvalue weighted by Gasteiger charge is -2.17. The van der Waals surface area contributed by atoms with Crippen molar-refractivity contribution >= 4 is 17.3 Å². The third-order valence-electron chi connectivity index (χ3n) is 3.77. The summed E-state index contributed by atoms with van der Waals surface area (Å²) in [5, 5.41) is 3.34. The lowest BCUT2D eigenvalue weighted by atomic mass is 10.1. The van der Waals surface area contributed by atoms with E-state index >= 15 is 0 Å². The molecule has 0 unspecified atom stereocenters. The topological polar surface area (TPSA) is 32.3 Å². The molecule has 3 heteroatoms. The average molecular weight is 278 g/mol. The van der Waals surface area contributed by atoms with E-state index in [0.29, 0.717) is 6.54 Å². The molecule has 1 aliphatic heterocycles. The van der Waals surface area contributed by atoms with E-state index in [1.54, 1.807) is 11.0 Å². The molecular formula is C18H18N2O. The maximum Gasteiger partial charge on any atom is 0.253 e. The molecule has 1 aliphatic rings. The largest absolute Gasteiger partial charge is 0.357 e. The zero-order valence-corrected chi connectivity index (χ0v) is 12.3. The smallest absolute Gasteiger partial charge is 0.253 e. The van der Waals surface area contributed by atoms with Gasteiger partial charge in [0.05, 0.1) is 6.54 Å². The van der Waals surface area contributed by atoms with Gasteiger partial charge in [-0.3, -0.25) is 4.79 Å². The van der Waals surface area contributed by atoms with Crippen molar-refractivity contribution in [3.63, 3.8) is 0 Å². The van der Waals surface area contributed by atoms with Gasteiger partial charge in [0.1, 0.15) is 0 Å². The number of benzene rings is 2. The first-order valence-corrected chi connectivity index (χ1v) is 7.05. The number of rotatable bonds is 3. The summed E-state index contributed by atoms with van der Waals surface area (Å²) in [5.41, 5.74) is 5.38. The van der Waals surface area contributed by atoms with E-state index in [4.69, 9.17) is 0 Å². The lowest BCUT2D eigenvalue weighted by molar-refractivity contribution is -0.113. The van der Waals surface area contributed by atoms with Gasteiger partial charge in [-0.25, -0.2) is 0 Å². The van der Waals surface area contributed by atoms with Crippen LogP contribution in [0.15, 0.2) is 60.3 Å². The van der Waals surface area contributed by atoms with Crippen LogP contribution in [0.4, 0.5) is 11.4 Å². The monoisotopic (exact) mass is 278 g/mol. The van der Waals surface area contributed by atoms with Crippen LogP contribution in [-0.4, -0.2) is 12.5 Å². The van der Waals surface area contributed by atoms with Crippen LogP contribution in [0.3, 0.4) is 0 Å². The van der Waals surface area contributed by atoms with Gasteiger partial charge in [-0.1, -0.05) is 24.3 Å². The molecule has 2 aromatic carbocycles. The van der Waals surface area contributed by atoms with E-state index in [2.05, 4.69) is 31.3 Å². The fraction of sp³-hybridized carbons (Fsp3) is 0.167. The first kappa shape index (κ1) is 13.4. The molecule has 0 spiro atoms. The number of carbonyl (C=O) groups is 1. The van der Waals surface area contributed by atoms with Crippen molar-refractivity contribution in [1.82, 2.24) is 0 Å². The summed E-state index contributed by atoms with van der Waals surface area (Å²) < 4.78 is 0. The van der Waals surface area contributed by atoms with E-state index in [9.17, 15) is 4.79 Å². The Morgan fingerprint density at radius 2 is 1.76 bits per heavy atom. The van der Waals surface area contributed by atoms with E-state index in [1.807, 2.05) is 36.4 Å². The van der Waals surface area contributed by atoms with Crippen LogP contribution < -0.4 is 10.2 Å². The van der Waals surface area contributed by atoms with Gasteiger partial charge in [0.2, 0.25) is 0 Å². The quantitative estimate of drug-likeness (QED) is 0.929. The third kappa shape index (κ3) is 2.82. The molecule has 21 heavy (non-hydrogen) atoms. The molecule has 0 saturated carbocycles. The summed E-state index contributed by atoms with van der Waals surface area (Å²) in [5.74, 6) is 0.0209.